The summed E-state index contributed by atoms with van der Waals surface area (Å²) in [6.45, 7) is 3.30. The maximum Gasteiger partial charge on any atom is 0.212 e. The molecule has 1 aliphatic rings. The number of imidazole rings is 1. The maximum atomic E-state index is 5.61. The van der Waals surface area contributed by atoms with Crippen LogP contribution in [0.15, 0.2) is 24.4 Å². The van der Waals surface area contributed by atoms with Gasteiger partial charge >= 0.3 is 0 Å². The number of aromatic nitrogens is 3. The standard InChI is InChI=1S/C14H13N3O2S/c1-2-13-16-17-8-10(15-14(17)20-13)9-3-4-11-12(7-9)19-6-5-18-11/h3-4,7-8H,2,5-6H2,1H3. The van der Waals surface area contributed by atoms with Gasteiger partial charge < -0.3 is 9.47 Å². The highest BCUT2D eigenvalue weighted by Gasteiger charge is 2.14. The number of benzene rings is 1. The van der Waals surface area contributed by atoms with Crippen LogP contribution in [0, 0.1) is 0 Å². The zero-order chi connectivity index (χ0) is 13.5. The fourth-order valence-electron chi connectivity index (χ4n) is 2.23. The largest absolute Gasteiger partial charge is 0.486 e. The van der Waals surface area contributed by atoms with E-state index in [4.69, 9.17) is 9.47 Å². The highest BCUT2D eigenvalue weighted by Crippen LogP contribution is 2.34. The molecule has 102 valence electrons. The topological polar surface area (TPSA) is 48.7 Å². The normalized spacial score (nSPS) is 13.8. The number of nitrogens with zero attached hydrogens (tertiary/aromatic N) is 3. The third-order valence-corrected chi connectivity index (χ3v) is 4.29. The van der Waals surface area contributed by atoms with E-state index in [1.54, 1.807) is 11.3 Å². The molecule has 0 spiro atoms. The molecule has 5 nitrogen and oxygen atoms in total. The van der Waals surface area contributed by atoms with Crippen LogP contribution < -0.4 is 9.47 Å². The summed E-state index contributed by atoms with van der Waals surface area (Å²) >= 11 is 1.63. The van der Waals surface area contributed by atoms with E-state index in [0.717, 1.165) is 39.1 Å². The number of hydrogen-bond donors (Lipinski definition) is 0. The Morgan fingerprint density at radius 3 is 2.90 bits per heavy atom. The van der Waals surface area contributed by atoms with Crippen molar-refractivity contribution in [2.24, 2.45) is 0 Å². The van der Waals surface area contributed by atoms with Crippen molar-refractivity contribution in [3.63, 3.8) is 0 Å². The van der Waals surface area contributed by atoms with E-state index < -0.39 is 0 Å². The third kappa shape index (κ3) is 1.84. The van der Waals surface area contributed by atoms with Crippen LogP contribution >= 0.6 is 11.3 Å². The van der Waals surface area contributed by atoms with E-state index in [0.29, 0.717) is 13.2 Å². The van der Waals surface area contributed by atoms with Crippen LogP contribution in [-0.2, 0) is 6.42 Å². The molecule has 0 saturated heterocycles. The number of aryl methyl sites for hydroxylation is 1. The van der Waals surface area contributed by atoms with E-state index in [1.165, 1.54) is 0 Å². The quantitative estimate of drug-likeness (QED) is 0.727. The molecule has 0 bridgehead atoms. The molecule has 20 heavy (non-hydrogen) atoms. The van der Waals surface area contributed by atoms with Crippen molar-refractivity contribution in [3.8, 4) is 22.8 Å². The van der Waals surface area contributed by atoms with Gasteiger partial charge in [0, 0.05) is 5.56 Å². The molecule has 0 N–H and O–H groups in total. The van der Waals surface area contributed by atoms with Crippen molar-refractivity contribution in [3.05, 3.63) is 29.4 Å². The van der Waals surface area contributed by atoms with Crippen LogP contribution in [0.25, 0.3) is 16.2 Å². The van der Waals surface area contributed by atoms with Gasteiger partial charge in [-0.05, 0) is 24.6 Å². The number of rotatable bonds is 2. The Morgan fingerprint density at radius 1 is 1.25 bits per heavy atom. The highest BCUT2D eigenvalue weighted by atomic mass is 32.1. The van der Waals surface area contributed by atoms with Crippen LogP contribution in [0.1, 0.15) is 11.9 Å². The number of ether oxygens (including phenoxy) is 2. The molecular weight excluding hydrogens is 274 g/mol. The number of fused-ring (bicyclic) bond motifs is 2. The molecule has 0 aliphatic carbocycles. The van der Waals surface area contributed by atoms with Crippen molar-refractivity contribution in [1.82, 2.24) is 14.6 Å². The summed E-state index contributed by atoms with van der Waals surface area (Å²) in [5, 5.41) is 5.58. The molecule has 0 fully saturated rings. The van der Waals surface area contributed by atoms with Crippen molar-refractivity contribution in [1.29, 1.82) is 0 Å². The van der Waals surface area contributed by atoms with E-state index in [9.17, 15) is 0 Å². The minimum Gasteiger partial charge on any atom is -0.486 e. The zero-order valence-electron chi connectivity index (χ0n) is 11.0. The second kappa shape index (κ2) is 4.49. The molecule has 0 saturated carbocycles. The Morgan fingerprint density at radius 2 is 2.10 bits per heavy atom. The first kappa shape index (κ1) is 11.7. The summed E-state index contributed by atoms with van der Waals surface area (Å²) in [7, 11) is 0. The first-order valence-corrected chi connectivity index (χ1v) is 7.40. The number of hydrogen-bond acceptors (Lipinski definition) is 5. The molecule has 3 aromatic rings. The van der Waals surface area contributed by atoms with Gasteiger partial charge in [0.05, 0.1) is 11.9 Å². The van der Waals surface area contributed by atoms with Gasteiger partial charge in [0.2, 0.25) is 4.96 Å². The fourth-order valence-corrected chi connectivity index (χ4v) is 3.04. The summed E-state index contributed by atoms with van der Waals surface area (Å²) < 4.78 is 13.0. The molecule has 0 unspecified atom stereocenters. The maximum absolute atomic E-state index is 5.61. The Balaban J connectivity index is 1.76. The van der Waals surface area contributed by atoms with E-state index >= 15 is 0 Å². The Hall–Kier alpha value is -2.08. The highest BCUT2D eigenvalue weighted by molar-refractivity contribution is 7.16. The lowest BCUT2D eigenvalue weighted by molar-refractivity contribution is 0.171. The molecule has 2 aromatic heterocycles. The minimum absolute atomic E-state index is 0.593. The lowest BCUT2D eigenvalue weighted by atomic mass is 10.1. The monoisotopic (exact) mass is 287 g/mol. The molecular formula is C14H13N3O2S. The first-order chi connectivity index (χ1) is 9.83. The summed E-state index contributed by atoms with van der Waals surface area (Å²) in [6.07, 6.45) is 2.89. The second-order valence-electron chi connectivity index (χ2n) is 4.56. The van der Waals surface area contributed by atoms with Crippen molar-refractivity contribution < 1.29 is 9.47 Å². The van der Waals surface area contributed by atoms with Crippen molar-refractivity contribution in [2.45, 2.75) is 13.3 Å². The van der Waals surface area contributed by atoms with Gasteiger partial charge in [0.15, 0.2) is 11.5 Å². The molecule has 0 amide bonds. The lowest BCUT2D eigenvalue weighted by Crippen LogP contribution is -2.15. The third-order valence-electron chi connectivity index (χ3n) is 3.23. The van der Waals surface area contributed by atoms with Crippen LogP contribution in [-0.4, -0.2) is 27.8 Å². The summed E-state index contributed by atoms with van der Waals surface area (Å²) in [5.41, 5.74) is 1.92. The molecule has 0 radical (unpaired) electrons. The summed E-state index contributed by atoms with van der Waals surface area (Å²) in [6, 6.07) is 5.91. The van der Waals surface area contributed by atoms with Crippen molar-refractivity contribution >= 4 is 16.3 Å². The molecule has 3 heterocycles. The predicted octanol–water partition coefficient (Wildman–Crippen LogP) is 2.79. The summed E-state index contributed by atoms with van der Waals surface area (Å²) in [4.78, 5) is 5.55. The van der Waals surface area contributed by atoms with Crippen LogP contribution in [0.3, 0.4) is 0 Å². The van der Waals surface area contributed by atoms with Gasteiger partial charge in [-0.3, -0.25) is 0 Å². The van der Waals surface area contributed by atoms with Gasteiger partial charge in [-0.25, -0.2) is 9.50 Å². The first-order valence-electron chi connectivity index (χ1n) is 6.58. The SMILES string of the molecule is CCc1nn2cc(-c3ccc4c(c3)OCCO4)nc2s1. The average molecular weight is 287 g/mol. The van der Waals surface area contributed by atoms with Gasteiger partial charge in [-0.15, -0.1) is 0 Å². The molecule has 1 aromatic carbocycles. The fraction of sp³-hybridized carbons (Fsp3) is 0.286. The van der Waals surface area contributed by atoms with Crippen molar-refractivity contribution in [2.75, 3.05) is 13.2 Å². The van der Waals surface area contributed by atoms with Crippen LogP contribution in [0.2, 0.25) is 0 Å². The van der Waals surface area contributed by atoms with E-state index in [2.05, 4.69) is 17.0 Å². The smallest absolute Gasteiger partial charge is 0.212 e. The van der Waals surface area contributed by atoms with Gasteiger partial charge in [0.25, 0.3) is 0 Å². The predicted molar refractivity (Wildman–Crippen MR) is 76.7 cm³/mol. The van der Waals surface area contributed by atoms with E-state index in [1.807, 2.05) is 28.9 Å². The Labute approximate surface area is 119 Å². The Bertz CT molecular complexity index is 746. The minimum atomic E-state index is 0.593. The zero-order valence-corrected chi connectivity index (χ0v) is 11.8. The summed E-state index contributed by atoms with van der Waals surface area (Å²) in [5.74, 6) is 1.58. The average Bonchev–Trinajstić information content (AvgIpc) is 3.04. The molecule has 0 atom stereocenters. The Kier molecular flexibility index (Phi) is 2.63. The van der Waals surface area contributed by atoms with Crippen LogP contribution in [0.5, 0.6) is 11.5 Å². The lowest BCUT2D eigenvalue weighted by Gasteiger charge is -2.18. The molecule has 1 aliphatic heterocycles. The van der Waals surface area contributed by atoms with Gasteiger partial charge in [-0.2, -0.15) is 5.10 Å². The second-order valence-corrected chi connectivity index (χ2v) is 5.60. The van der Waals surface area contributed by atoms with Gasteiger partial charge in [0.1, 0.15) is 18.2 Å². The molecule has 6 heteroatoms. The van der Waals surface area contributed by atoms with E-state index in [-0.39, 0.29) is 0 Å². The van der Waals surface area contributed by atoms with Gasteiger partial charge in [-0.1, -0.05) is 18.3 Å². The van der Waals surface area contributed by atoms with Crippen LogP contribution in [0.4, 0.5) is 0 Å². The molecule has 4 rings (SSSR count).